The normalized spacial score (nSPS) is 13.6. The highest BCUT2D eigenvalue weighted by molar-refractivity contribution is 7.92. The Kier molecular flexibility index (Phi) is 7.14. The average molecular weight is 416 g/mol. The first kappa shape index (κ1) is 21.1. The van der Waals surface area contributed by atoms with Crippen LogP contribution in [0.2, 0.25) is 0 Å². The van der Waals surface area contributed by atoms with Crippen LogP contribution >= 0.6 is 0 Å². The molecule has 1 aromatic heterocycles. The zero-order valence-electron chi connectivity index (χ0n) is 14.2. The first-order valence-electron chi connectivity index (χ1n) is 7.63. The lowest BCUT2D eigenvalue weighted by Crippen LogP contribution is -2.32. The average Bonchev–Trinajstić information content (AvgIpc) is 3.15. The summed E-state index contributed by atoms with van der Waals surface area (Å²) in [4.78, 5) is 3.44. The van der Waals surface area contributed by atoms with Crippen LogP contribution in [0, 0.1) is 0 Å². The van der Waals surface area contributed by atoms with Crippen molar-refractivity contribution in [1.82, 2.24) is 19.8 Å². The maximum Gasteiger partial charge on any atom is 0.245 e. The van der Waals surface area contributed by atoms with Crippen LogP contribution in [-0.4, -0.2) is 41.4 Å². The summed E-state index contributed by atoms with van der Waals surface area (Å²) in [5.41, 5.74) is 13.8. The van der Waals surface area contributed by atoms with E-state index in [1.807, 2.05) is 5.53 Å². The van der Waals surface area contributed by atoms with Gasteiger partial charge in [0, 0.05) is 18.9 Å². The van der Waals surface area contributed by atoms with Crippen molar-refractivity contribution in [3.05, 3.63) is 36.4 Å². The number of benzene rings is 1. The second-order valence-corrected chi connectivity index (χ2v) is 7.96. The molecule has 1 unspecified atom stereocenters. The summed E-state index contributed by atoms with van der Waals surface area (Å²) < 4.78 is 41.6. The van der Waals surface area contributed by atoms with E-state index in [9.17, 15) is 13.0 Å². The van der Waals surface area contributed by atoms with Crippen LogP contribution in [0.25, 0.3) is 5.69 Å². The molecule has 0 saturated carbocycles. The third-order valence-corrected chi connectivity index (χ3v) is 5.95. The molecule has 148 valence electrons. The highest BCUT2D eigenvalue weighted by Crippen LogP contribution is 2.29. The molecule has 1 heterocycles. The van der Waals surface area contributed by atoms with Gasteiger partial charge in [-0.25, -0.2) is 29.5 Å². The van der Waals surface area contributed by atoms with Crippen molar-refractivity contribution >= 4 is 27.2 Å². The van der Waals surface area contributed by atoms with Gasteiger partial charge in [-0.1, -0.05) is 0 Å². The number of nitrogens with zero attached hydrogens (tertiary/aromatic N) is 3. The van der Waals surface area contributed by atoms with Gasteiger partial charge in [-0.05, 0) is 25.1 Å². The summed E-state index contributed by atoms with van der Waals surface area (Å²) in [5.74, 6) is 4.98. The van der Waals surface area contributed by atoms with E-state index in [2.05, 4.69) is 14.8 Å². The van der Waals surface area contributed by atoms with E-state index in [1.165, 1.54) is 24.7 Å². The predicted molar refractivity (Wildman–Crippen MR) is 101 cm³/mol. The molecule has 0 bridgehead atoms. The van der Waals surface area contributed by atoms with Crippen LogP contribution in [0.1, 0.15) is 12.0 Å². The fourth-order valence-electron chi connectivity index (χ4n) is 2.34. The number of nitrogens with one attached hydrogen (secondary N) is 2. The minimum absolute atomic E-state index is 0.0495. The van der Waals surface area contributed by atoms with Crippen molar-refractivity contribution in [2.75, 3.05) is 13.1 Å². The molecule has 12 nitrogen and oxygen atoms in total. The molecule has 1 atom stereocenters. The summed E-state index contributed by atoms with van der Waals surface area (Å²) in [6.45, 7) is 0.423. The minimum Gasteiger partial charge on any atom is -0.593 e. The highest BCUT2D eigenvalue weighted by Gasteiger charge is 2.32. The Bertz CT molecular complexity index is 898. The Labute approximate surface area is 159 Å². The smallest absolute Gasteiger partial charge is 0.245 e. The Hall–Kier alpha value is -2.20. The lowest BCUT2D eigenvalue weighted by Gasteiger charge is -2.18. The predicted octanol–water partition coefficient (Wildman–Crippen LogP) is -2.44. The Balaban J connectivity index is 2.74. The van der Waals surface area contributed by atoms with E-state index in [4.69, 9.17) is 22.4 Å². The third-order valence-electron chi connectivity index (χ3n) is 3.49. The van der Waals surface area contributed by atoms with E-state index in [0.29, 0.717) is 18.7 Å². The van der Waals surface area contributed by atoms with Gasteiger partial charge in [0.1, 0.15) is 10.5 Å². The van der Waals surface area contributed by atoms with Gasteiger partial charge in [0.15, 0.2) is 5.84 Å². The molecule has 0 aliphatic heterocycles. The van der Waals surface area contributed by atoms with Crippen LogP contribution in [-0.2, 0) is 21.4 Å². The van der Waals surface area contributed by atoms with E-state index in [1.54, 1.807) is 10.8 Å². The van der Waals surface area contributed by atoms with E-state index >= 15 is 0 Å². The van der Waals surface area contributed by atoms with Crippen molar-refractivity contribution in [2.45, 2.75) is 16.2 Å². The lowest BCUT2D eigenvalue weighted by molar-refractivity contribution is 0.571. The molecular weight excluding hydrogens is 394 g/mol. The number of amidine groups is 1. The van der Waals surface area contributed by atoms with Gasteiger partial charge in [-0.15, -0.1) is 10.2 Å². The molecule has 27 heavy (non-hydrogen) atoms. The van der Waals surface area contributed by atoms with Gasteiger partial charge in [0.2, 0.25) is 14.9 Å². The molecule has 2 aromatic rings. The number of hydrazone groups is 1. The molecule has 0 aliphatic carbocycles. The second kappa shape index (κ2) is 9.14. The van der Waals surface area contributed by atoms with Gasteiger partial charge in [0.25, 0.3) is 0 Å². The Morgan fingerprint density at radius 2 is 2.15 bits per heavy atom. The molecule has 0 amide bonds. The van der Waals surface area contributed by atoms with Crippen LogP contribution in [0.5, 0.6) is 0 Å². The molecule has 0 spiro atoms. The molecule has 0 aliphatic rings. The molecule has 1 aromatic carbocycles. The zero-order chi connectivity index (χ0) is 20.0. The van der Waals surface area contributed by atoms with E-state index < -0.39 is 21.4 Å². The summed E-state index contributed by atoms with van der Waals surface area (Å²) in [6.07, 6.45) is 5.00. The topological polar surface area (TPSA) is 216 Å². The molecule has 14 heteroatoms. The van der Waals surface area contributed by atoms with Crippen molar-refractivity contribution < 1.29 is 13.0 Å². The van der Waals surface area contributed by atoms with Crippen LogP contribution < -0.4 is 32.7 Å². The number of aromatic nitrogens is 2. The number of hydrogen-bond donors (Lipinski definition) is 6. The van der Waals surface area contributed by atoms with Crippen molar-refractivity contribution in [1.29, 1.82) is 0 Å². The quantitative estimate of drug-likeness (QED) is 0.0639. The first-order valence-corrected chi connectivity index (χ1v) is 10.3. The van der Waals surface area contributed by atoms with Gasteiger partial charge in [-0.3, -0.25) is 0 Å². The number of sulfonamides is 1. The van der Waals surface area contributed by atoms with Crippen molar-refractivity contribution in [3.8, 4) is 5.69 Å². The van der Waals surface area contributed by atoms with Gasteiger partial charge in [0.05, 0.1) is 23.4 Å². The van der Waals surface area contributed by atoms with Gasteiger partial charge < -0.3 is 20.6 Å². The van der Waals surface area contributed by atoms with Crippen molar-refractivity contribution in [2.24, 2.45) is 27.6 Å². The summed E-state index contributed by atoms with van der Waals surface area (Å²) in [7, 11) is -4.03. The van der Waals surface area contributed by atoms with Crippen molar-refractivity contribution in [3.63, 3.8) is 0 Å². The molecule has 0 radical (unpaired) electrons. The fraction of sp³-hybridized carbons (Fsp3) is 0.231. The van der Waals surface area contributed by atoms with Crippen LogP contribution in [0.3, 0.4) is 0 Å². The fourth-order valence-corrected chi connectivity index (χ4v) is 4.75. The first-order chi connectivity index (χ1) is 12.8. The summed E-state index contributed by atoms with van der Waals surface area (Å²) in [6, 6.07) is 2.76. The minimum atomic E-state index is -4.03. The SMILES string of the molecule is NCCCNS(=O)(=O)c1ccc(-n2ccnc2)c(/C(N)=N/NN)c1[S+](N)[O-]. The molecular formula is C13H21N9O3S2. The third kappa shape index (κ3) is 4.75. The summed E-state index contributed by atoms with van der Waals surface area (Å²) >= 11 is -2.21. The molecule has 0 fully saturated rings. The largest absolute Gasteiger partial charge is 0.593 e. The highest BCUT2D eigenvalue weighted by atomic mass is 32.2. The number of hydrazine groups is 1. The van der Waals surface area contributed by atoms with Crippen LogP contribution in [0.15, 0.2) is 45.7 Å². The number of nitrogens with two attached hydrogens (primary N) is 4. The van der Waals surface area contributed by atoms with Gasteiger partial charge in [-0.2, -0.15) is 0 Å². The number of rotatable bonds is 9. The monoisotopic (exact) mass is 415 g/mol. The van der Waals surface area contributed by atoms with E-state index in [0.717, 1.165) is 0 Å². The van der Waals surface area contributed by atoms with E-state index in [-0.39, 0.29) is 27.7 Å². The van der Waals surface area contributed by atoms with Gasteiger partial charge >= 0.3 is 0 Å². The molecule has 2 rings (SSSR count). The zero-order valence-corrected chi connectivity index (χ0v) is 15.8. The van der Waals surface area contributed by atoms with Crippen LogP contribution in [0.4, 0.5) is 0 Å². The number of imidazole rings is 1. The number of hydrogen-bond acceptors (Lipinski definition) is 9. The standard InChI is InChI=1S/C13H21N9O3S2/c14-4-1-5-19-27(24,25)10-3-2-9(22-7-6-18-8-22)11(12(10)26(17)23)13(15)20-21-16/h2-3,6-8,19,21H,1,4-5,14,16-17H2,(H2,15,20). The lowest BCUT2D eigenvalue weighted by atomic mass is 10.1. The molecule has 0 saturated heterocycles. The summed E-state index contributed by atoms with van der Waals surface area (Å²) in [5, 5.41) is 9.27. The second-order valence-electron chi connectivity index (χ2n) is 5.22. The maximum absolute atomic E-state index is 12.7. The Morgan fingerprint density at radius 1 is 1.41 bits per heavy atom. The molecule has 10 N–H and O–H groups in total. The maximum atomic E-state index is 12.7. The Morgan fingerprint density at radius 3 is 2.70 bits per heavy atom.